The van der Waals surface area contributed by atoms with Crippen molar-refractivity contribution in [3.8, 4) is 11.5 Å². The summed E-state index contributed by atoms with van der Waals surface area (Å²) in [6, 6.07) is 14.9. The number of benzene rings is 2. The molecule has 0 bridgehead atoms. The van der Waals surface area contributed by atoms with Crippen molar-refractivity contribution in [2.24, 2.45) is 0 Å². The van der Waals surface area contributed by atoms with Crippen LogP contribution in [0.15, 0.2) is 48.5 Å². The van der Waals surface area contributed by atoms with E-state index in [4.69, 9.17) is 9.47 Å². The highest BCUT2D eigenvalue weighted by molar-refractivity contribution is 5.90. The molecule has 0 atom stereocenters. The van der Waals surface area contributed by atoms with Crippen molar-refractivity contribution in [3.05, 3.63) is 54.1 Å². The van der Waals surface area contributed by atoms with E-state index in [0.29, 0.717) is 24.6 Å². The Morgan fingerprint density at radius 1 is 1.08 bits per heavy atom. The van der Waals surface area contributed by atoms with Crippen LogP contribution >= 0.6 is 0 Å². The monoisotopic (exact) mass is 328 g/mol. The number of hydrogen-bond donors (Lipinski definition) is 2. The van der Waals surface area contributed by atoms with Gasteiger partial charge < -0.3 is 20.1 Å². The van der Waals surface area contributed by atoms with Crippen LogP contribution in [-0.4, -0.2) is 25.3 Å². The molecule has 0 fully saturated rings. The molecule has 2 rings (SSSR count). The molecule has 0 heterocycles. The summed E-state index contributed by atoms with van der Waals surface area (Å²) in [6.07, 6.45) is 0.0407. The summed E-state index contributed by atoms with van der Waals surface area (Å²) >= 11 is 0. The third-order valence-corrected chi connectivity index (χ3v) is 3.18. The van der Waals surface area contributed by atoms with Crippen LogP contribution in [-0.2, 0) is 0 Å². The molecule has 0 saturated carbocycles. The number of carbonyl (C=O) groups is 1. The molecule has 0 aromatic heterocycles. The summed E-state index contributed by atoms with van der Waals surface area (Å²) in [5.41, 5.74) is 1.82. The molecule has 0 radical (unpaired) electrons. The molecule has 0 aliphatic heterocycles. The molecule has 2 aromatic carbocycles. The average Bonchev–Trinajstić information content (AvgIpc) is 2.55. The normalized spacial score (nSPS) is 10.3. The smallest absolute Gasteiger partial charge is 0.319 e. The third kappa shape index (κ3) is 5.83. The van der Waals surface area contributed by atoms with E-state index >= 15 is 0 Å². The van der Waals surface area contributed by atoms with Gasteiger partial charge in [0.15, 0.2) is 0 Å². The van der Waals surface area contributed by atoms with E-state index in [9.17, 15) is 4.79 Å². The Kier molecular flexibility index (Phi) is 6.49. The molecule has 24 heavy (non-hydrogen) atoms. The van der Waals surface area contributed by atoms with Gasteiger partial charge in [0.25, 0.3) is 0 Å². The maximum atomic E-state index is 12.0. The maximum absolute atomic E-state index is 12.0. The van der Waals surface area contributed by atoms with Crippen molar-refractivity contribution in [1.29, 1.82) is 0 Å². The Morgan fingerprint density at radius 3 is 2.50 bits per heavy atom. The Balaban J connectivity index is 1.76. The predicted molar refractivity (Wildman–Crippen MR) is 95.9 cm³/mol. The number of aryl methyl sites for hydroxylation is 1. The molecule has 5 heteroatoms. The van der Waals surface area contributed by atoms with Gasteiger partial charge in [-0.1, -0.05) is 29.8 Å². The number of para-hydroxylation sites is 2. The molecule has 5 nitrogen and oxygen atoms in total. The SMILES string of the molecule is Cc1ccc(OCCNC(=O)Nc2ccccc2OC(C)C)cc1. The van der Waals surface area contributed by atoms with Gasteiger partial charge in [0.2, 0.25) is 0 Å². The minimum absolute atomic E-state index is 0.0407. The van der Waals surface area contributed by atoms with Crippen molar-refractivity contribution in [1.82, 2.24) is 5.32 Å². The van der Waals surface area contributed by atoms with Gasteiger partial charge in [-0.2, -0.15) is 0 Å². The molecule has 0 aliphatic rings. The van der Waals surface area contributed by atoms with Gasteiger partial charge in [-0.25, -0.2) is 4.79 Å². The van der Waals surface area contributed by atoms with Gasteiger partial charge in [0, 0.05) is 0 Å². The van der Waals surface area contributed by atoms with E-state index in [2.05, 4.69) is 10.6 Å². The van der Waals surface area contributed by atoms with Crippen LogP contribution < -0.4 is 20.1 Å². The zero-order valence-corrected chi connectivity index (χ0v) is 14.3. The van der Waals surface area contributed by atoms with Crippen LogP contribution in [0.3, 0.4) is 0 Å². The van der Waals surface area contributed by atoms with E-state index in [-0.39, 0.29) is 12.1 Å². The first-order valence-corrected chi connectivity index (χ1v) is 8.04. The number of nitrogens with one attached hydrogen (secondary N) is 2. The molecule has 0 unspecified atom stereocenters. The van der Waals surface area contributed by atoms with Crippen molar-refractivity contribution >= 4 is 11.7 Å². The molecule has 2 N–H and O–H groups in total. The van der Waals surface area contributed by atoms with E-state index in [1.54, 1.807) is 6.07 Å². The summed E-state index contributed by atoms with van der Waals surface area (Å²) in [4.78, 5) is 12.0. The Labute approximate surface area is 143 Å². The topological polar surface area (TPSA) is 59.6 Å². The molecule has 0 saturated heterocycles. The lowest BCUT2D eigenvalue weighted by Crippen LogP contribution is -2.32. The summed E-state index contributed by atoms with van der Waals surface area (Å²) < 4.78 is 11.2. The molecule has 0 spiro atoms. The van der Waals surface area contributed by atoms with Gasteiger partial charge in [0.1, 0.15) is 18.1 Å². The van der Waals surface area contributed by atoms with Gasteiger partial charge in [-0.15, -0.1) is 0 Å². The standard InChI is InChI=1S/C19H24N2O3/c1-14(2)24-18-7-5-4-6-17(18)21-19(22)20-12-13-23-16-10-8-15(3)9-11-16/h4-11,14H,12-13H2,1-3H3,(H2,20,21,22). The van der Waals surface area contributed by atoms with Gasteiger partial charge in [0.05, 0.1) is 18.3 Å². The predicted octanol–water partition coefficient (Wildman–Crippen LogP) is 3.98. The van der Waals surface area contributed by atoms with Crippen LogP contribution in [0.25, 0.3) is 0 Å². The molecule has 2 amide bonds. The quantitative estimate of drug-likeness (QED) is 0.756. The summed E-state index contributed by atoms with van der Waals surface area (Å²) in [5, 5.41) is 5.55. The molecular formula is C19H24N2O3. The number of rotatable bonds is 7. The fourth-order valence-electron chi connectivity index (χ4n) is 2.06. The van der Waals surface area contributed by atoms with Crippen molar-refractivity contribution in [2.75, 3.05) is 18.5 Å². The second-order valence-corrected chi connectivity index (χ2v) is 5.71. The van der Waals surface area contributed by atoms with E-state index in [0.717, 1.165) is 5.75 Å². The molecule has 2 aromatic rings. The fraction of sp³-hybridized carbons (Fsp3) is 0.316. The summed E-state index contributed by atoms with van der Waals surface area (Å²) in [6.45, 7) is 6.72. The van der Waals surface area contributed by atoms with E-state index in [1.165, 1.54) is 5.56 Å². The van der Waals surface area contributed by atoms with Crippen molar-refractivity contribution in [2.45, 2.75) is 26.9 Å². The second kappa shape index (κ2) is 8.82. The minimum Gasteiger partial charge on any atom is -0.492 e. The summed E-state index contributed by atoms with van der Waals surface area (Å²) in [7, 11) is 0. The first-order valence-electron chi connectivity index (χ1n) is 8.04. The molecule has 128 valence electrons. The first kappa shape index (κ1) is 17.7. The van der Waals surface area contributed by atoms with Crippen LogP contribution in [0.5, 0.6) is 11.5 Å². The van der Waals surface area contributed by atoms with Crippen LogP contribution in [0.2, 0.25) is 0 Å². The van der Waals surface area contributed by atoms with Crippen LogP contribution in [0.1, 0.15) is 19.4 Å². The molecule has 0 aliphatic carbocycles. The number of amides is 2. The average molecular weight is 328 g/mol. The fourth-order valence-corrected chi connectivity index (χ4v) is 2.06. The lowest BCUT2D eigenvalue weighted by molar-refractivity contribution is 0.240. The lowest BCUT2D eigenvalue weighted by atomic mass is 10.2. The number of anilines is 1. The van der Waals surface area contributed by atoms with Crippen molar-refractivity contribution in [3.63, 3.8) is 0 Å². The Morgan fingerprint density at radius 2 is 1.79 bits per heavy atom. The van der Waals surface area contributed by atoms with E-state index in [1.807, 2.05) is 63.2 Å². The first-order chi connectivity index (χ1) is 11.5. The van der Waals surface area contributed by atoms with Gasteiger partial charge in [-0.3, -0.25) is 0 Å². The number of ether oxygens (including phenoxy) is 2. The highest BCUT2D eigenvalue weighted by atomic mass is 16.5. The minimum atomic E-state index is -0.290. The molecular weight excluding hydrogens is 304 g/mol. The number of carbonyl (C=O) groups excluding carboxylic acids is 1. The van der Waals surface area contributed by atoms with Gasteiger partial charge in [-0.05, 0) is 45.0 Å². The highest BCUT2D eigenvalue weighted by Crippen LogP contribution is 2.24. The number of hydrogen-bond acceptors (Lipinski definition) is 3. The second-order valence-electron chi connectivity index (χ2n) is 5.71. The zero-order chi connectivity index (χ0) is 17.4. The lowest BCUT2D eigenvalue weighted by Gasteiger charge is -2.15. The van der Waals surface area contributed by atoms with E-state index < -0.39 is 0 Å². The van der Waals surface area contributed by atoms with Gasteiger partial charge >= 0.3 is 6.03 Å². The largest absolute Gasteiger partial charge is 0.492 e. The highest BCUT2D eigenvalue weighted by Gasteiger charge is 2.08. The Hall–Kier alpha value is -2.69. The number of urea groups is 1. The zero-order valence-electron chi connectivity index (χ0n) is 14.3. The maximum Gasteiger partial charge on any atom is 0.319 e. The summed E-state index contributed by atoms with van der Waals surface area (Å²) in [5.74, 6) is 1.44. The third-order valence-electron chi connectivity index (χ3n) is 3.18. The van der Waals surface area contributed by atoms with Crippen LogP contribution in [0, 0.1) is 6.92 Å². The van der Waals surface area contributed by atoms with Crippen LogP contribution in [0.4, 0.5) is 10.5 Å². The van der Waals surface area contributed by atoms with Crippen molar-refractivity contribution < 1.29 is 14.3 Å². The Bertz CT molecular complexity index is 654.